The zero-order chi connectivity index (χ0) is 15.6. The number of methoxy groups -OCH3 is 2. The van der Waals surface area contributed by atoms with Gasteiger partial charge in [0.2, 0.25) is 0 Å². The standard InChI is InChI=1S/C13H13ClN2O4S/c1-6-11(12(17)18)21-13(15-6)16-8-4-7(14)9(19-2)5-10(8)20-3/h4-5H,1-3H3,(H,15,16)(H,17,18). The number of carboxylic acids is 1. The first-order chi connectivity index (χ1) is 9.96. The van der Waals surface area contributed by atoms with Crippen molar-refractivity contribution in [1.82, 2.24) is 4.98 Å². The molecular formula is C13H13ClN2O4S. The van der Waals surface area contributed by atoms with Gasteiger partial charge in [0.1, 0.15) is 16.4 Å². The Morgan fingerprint density at radius 3 is 2.52 bits per heavy atom. The molecule has 8 heteroatoms. The minimum absolute atomic E-state index is 0.191. The molecule has 2 aromatic rings. The van der Waals surface area contributed by atoms with E-state index in [2.05, 4.69) is 10.3 Å². The van der Waals surface area contributed by atoms with Crippen LogP contribution in [0.4, 0.5) is 10.8 Å². The number of anilines is 2. The van der Waals surface area contributed by atoms with E-state index in [-0.39, 0.29) is 4.88 Å². The average molecular weight is 329 g/mol. The maximum absolute atomic E-state index is 11.0. The summed E-state index contributed by atoms with van der Waals surface area (Å²) in [6, 6.07) is 3.28. The largest absolute Gasteiger partial charge is 0.495 e. The lowest BCUT2D eigenvalue weighted by Crippen LogP contribution is -1.96. The van der Waals surface area contributed by atoms with Crippen LogP contribution in [0.15, 0.2) is 12.1 Å². The zero-order valence-electron chi connectivity index (χ0n) is 11.6. The van der Waals surface area contributed by atoms with Crippen molar-refractivity contribution in [2.45, 2.75) is 6.92 Å². The molecule has 1 aromatic heterocycles. The van der Waals surface area contributed by atoms with Crippen molar-refractivity contribution in [1.29, 1.82) is 0 Å². The number of aromatic nitrogens is 1. The minimum atomic E-state index is -1.00. The molecular weight excluding hydrogens is 316 g/mol. The average Bonchev–Trinajstić information content (AvgIpc) is 2.80. The summed E-state index contributed by atoms with van der Waals surface area (Å²) < 4.78 is 10.4. The topological polar surface area (TPSA) is 80.7 Å². The number of hydrogen-bond acceptors (Lipinski definition) is 6. The number of carbonyl (C=O) groups is 1. The maximum atomic E-state index is 11.0. The van der Waals surface area contributed by atoms with Gasteiger partial charge in [-0.2, -0.15) is 0 Å². The molecule has 2 rings (SSSR count). The van der Waals surface area contributed by atoms with Crippen LogP contribution in [0.5, 0.6) is 11.5 Å². The van der Waals surface area contributed by atoms with Crippen LogP contribution in [-0.4, -0.2) is 30.3 Å². The molecule has 0 unspecified atom stereocenters. The molecule has 0 radical (unpaired) electrons. The van der Waals surface area contributed by atoms with E-state index in [1.54, 1.807) is 19.1 Å². The van der Waals surface area contributed by atoms with Crippen LogP contribution in [0.25, 0.3) is 0 Å². The van der Waals surface area contributed by atoms with Crippen LogP contribution in [-0.2, 0) is 0 Å². The van der Waals surface area contributed by atoms with Gasteiger partial charge < -0.3 is 19.9 Å². The van der Waals surface area contributed by atoms with E-state index in [4.69, 9.17) is 26.2 Å². The number of halogens is 1. The Kier molecular flexibility index (Phi) is 4.54. The van der Waals surface area contributed by atoms with Crippen molar-refractivity contribution in [2.24, 2.45) is 0 Å². The Hall–Kier alpha value is -1.99. The first-order valence-corrected chi connectivity index (χ1v) is 7.05. The van der Waals surface area contributed by atoms with E-state index in [1.807, 2.05) is 0 Å². The second-order valence-corrected chi connectivity index (χ2v) is 5.46. The minimum Gasteiger partial charge on any atom is -0.495 e. The van der Waals surface area contributed by atoms with Crippen LogP contribution in [0, 0.1) is 6.92 Å². The van der Waals surface area contributed by atoms with Gasteiger partial charge in [0.05, 0.1) is 30.6 Å². The SMILES string of the molecule is COc1cc(OC)c(Nc2nc(C)c(C(=O)O)s2)cc1Cl. The summed E-state index contributed by atoms with van der Waals surface area (Å²) in [5, 5.41) is 12.9. The van der Waals surface area contributed by atoms with Crippen LogP contribution < -0.4 is 14.8 Å². The number of aryl methyl sites for hydroxylation is 1. The second-order valence-electron chi connectivity index (χ2n) is 4.05. The molecule has 0 saturated heterocycles. The highest BCUT2D eigenvalue weighted by atomic mass is 35.5. The molecule has 0 amide bonds. The molecule has 0 aliphatic carbocycles. The van der Waals surface area contributed by atoms with Gasteiger partial charge in [-0.05, 0) is 13.0 Å². The summed E-state index contributed by atoms with van der Waals surface area (Å²) in [6.45, 7) is 1.64. The van der Waals surface area contributed by atoms with Gasteiger partial charge in [0, 0.05) is 6.07 Å². The van der Waals surface area contributed by atoms with Gasteiger partial charge in [0.15, 0.2) is 5.13 Å². The number of nitrogens with zero attached hydrogens (tertiary/aromatic N) is 1. The molecule has 112 valence electrons. The molecule has 0 spiro atoms. The lowest BCUT2D eigenvalue weighted by molar-refractivity contribution is 0.0701. The number of thiazole rings is 1. The summed E-state index contributed by atoms with van der Waals surface area (Å²) in [6.07, 6.45) is 0. The number of ether oxygens (including phenoxy) is 2. The van der Waals surface area contributed by atoms with E-state index >= 15 is 0 Å². The first kappa shape index (κ1) is 15.4. The summed E-state index contributed by atoms with van der Waals surface area (Å²) in [4.78, 5) is 15.4. The highest BCUT2D eigenvalue weighted by Crippen LogP contribution is 2.38. The van der Waals surface area contributed by atoms with Crippen molar-refractivity contribution in [3.8, 4) is 11.5 Å². The molecule has 0 atom stereocenters. The van der Waals surface area contributed by atoms with Crippen molar-refractivity contribution >= 4 is 39.7 Å². The molecule has 0 aliphatic rings. The zero-order valence-corrected chi connectivity index (χ0v) is 13.1. The van der Waals surface area contributed by atoms with Crippen LogP contribution in [0.2, 0.25) is 5.02 Å². The molecule has 6 nitrogen and oxygen atoms in total. The highest BCUT2D eigenvalue weighted by Gasteiger charge is 2.16. The van der Waals surface area contributed by atoms with Gasteiger partial charge in [-0.1, -0.05) is 22.9 Å². The van der Waals surface area contributed by atoms with E-state index in [9.17, 15) is 4.79 Å². The number of aromatic carboxylic acids is 1. The molecule has 2 N–H and O–H groups in total. The number of hydrogen-bond donors (Lipinski definition) is 2. The third kappa shape index (κ3) is 3.20. The van der Waals surface area contributed by atoms with Crippen molar-refractivity contribution in [3.63, 3.8) is 0 Å². The molecule has 0 bridgehead atoms. The lowest BCUT2D eigenvalue weighted by atomic mass is 10.2. The fraction of sp³-hybridized carbons (Fsp3) is 0.231. The van der Waals surface area contributed by atoms with Gasteiger partial charge in [-0.3, -0.25) is 0 Å². The summed E-state index contributed by atoms with van der Waals surface area (Å²) in [7, 11) is 3.03. The van der Waals surface area contributed by atoms with E-state index in [0.717, 1.165) is 11.3 Å². The number of nitrogens with one attached hydrogen (secondary N) is 1. The normalized spacial score (nSPS) is 10.3. The van der Waals surface area contributed by atoms with E-state index in [0.29, 0.717) is 33.0 Å². The highest BCUT2D eigenvalue weighted by molar-refractivity contribution is 7.17. The lowest BCUT2D eigenvalue weighted by Gasteiger charge is -2.12. The molecule has 0 fully saturated rings. The van der Waals surface area contributed by atoms with E-state index < -0.39 is 5.97 Å². The maximum Gasteiger partial charge on any atom is 0.347 e. The number of rotatable bonds is 5. The quantitative estimate of drug-likeness (QED) is 0.873. The Morgan fingerprint density at radius 1 is 1.33 bits per heavy atom. The Labute approximate surface area is 130 Å². The van der Waals surface area contributed by atoms with Gasteiger partial charge in [-0.25, -0.2) is 9.78 Å². The second kappa shape index (κ2) is 6.19. The van der Waals surface area contributed by atoms with Gasteiger partial charge in [-0.15, -0.1) is 0 Å². The Morgan fingerprint density at radius 2 is 2.00 bits per heavy atom. The summed E-state index contributed by atoms with van der Waals surface area (Å²) >= 11 is 7.13. The van der Waals surface area contributed by atoms with Crippen molar-refractivity contribution in [3.05, 3.63) is 27.7 Å². The fourth-order valence-corrected chi connectivity index (χ4v) is 2.78. The Balaban J connectivity index is 2.37. The van der Waals surface area contributed by atoms with Gasteiger partial charge in [0.25, 0.3) is 0 Å². The third-order valence-electron chi connectivity index (χ3n) is 2.71. The smallest absolute Gasteiger partial charge is 0.347 e. The molecule has 0 saturated carbocycles. The summed E-state index contributed by atoms with van der Waals surface area (Å²) in [5.74, 6) is -0.000586. The number of carboxylic acid groups (broad SMARTS) is 1. The van der Waals surface area contributed by atoms with Crippen LogP contribution in [0.1, 0.15) is 15.4 Å². The van der Waals surface area contributed by atoms with E-state index in [1.165, 1.54) is 14.2 Å². The molecule has 0 aliphatic heterocycles. The first-order valence-electron chi connectivity index (χ1n) is 5.85. The molecule has 1 aromatic carbocycles. The van der Waals surface area contributed by atoms with Crippen molar-refractivity contribution < 1.29 is 19.4 Å². The monoisotopic (exact) mass is 328 g/mol. The summed E-state index contributed by atoms with van der Waals surface area (Å²) in [5.41, 5.74) is 1.03. The molecule has 21 heavy (non-hydrogen) atoms. The fourth-order valence-electron chi connectivity index (χ4n) is 1.72. The predicted octanol–water partition coefficient (Wildman–Crippen LogP) is 3.56. The Bertz CT molecular complexity index is 687. The number of benzene rings is 1. The third-order valence-corrected chi connectivity index (χ3v) is 4.06. The molecule has 1 heterocycles. The van der Waals surface area contributed by atoms with Crippen LogP contribution >= 0.6 is 22.9 Å². The van der Waals surface area contributed by atoms with Crippen molar-refractivity contribution in [2.75, 3.05) is 19.5 Å². The van der Waals surface area contributed by atoms with Gasteiger partial charge >= 0.3 is 5.97 Å². The van der Waals surface area contributed by atoms with Crippen LogP contribution in [0.3, 0.4) is 0 Å². The predicted molar refractivity (Wildman–Crippen MR) is 81.6 cm³/mol.